The van der Waals surface area contributed by atoms with Crippen LogP contribution in [0.25, 0.3) is 11.0 Å². The summed E-state index contributed by atoms with van der Waals surface area (Å²) in [5.41, 5.74) is 1.47. The van der Waals surface area contributed by atoms with E-state index < -0.39 is 11.2 Å². The maximum absolute atomic E-state index is 13.1. The Labute approximate surface area is 189 Å². The third-order valence-corrected chi connectivity index (χ3v) is 7.52. The van der Waals surface area contributed by atoms with Crippen molar-refractivity contribution in [1.29, 1.82) is 0 Å². The Hall–Kier alpha value is -2.34. The van der Waals surface area contributed by atoms with Gasteiger partial charge < -0.3 is 19.2 Å². The summed E-state index contributed by atoms with van der Waals surface area (Å²) in [6.07, 6.45) is 6.62. The molecule has 2 atom stereocenters. The Morgan fingerprint density at radius 1 is 1.25 bits per heavy atom. The molecule has 32 heavy (non-hydrogen) atoms. The summed E-state index contributed by atoms with van der Waals surface area (Å²) in [5.74, 6) is 0.797. The summed E-state index contributed by atoms with van der Waals surface area (Å²) in [4.78, 5) is 27.8. The molecule has 4 rings (SSSR count). The summed E-state index contributed by atoms with van der Waals surface area (Å²) < 4.78 is 11.5. The lowest BCUT2D eigenvalue weighted by Gasteiger charge is -2.47. The molecule has 0 radical (unpaired) electrons. The van der Waals surface area contributed by atoms with E-state index in [4.69, 9.17) is 9.15 Å². The van der Waals surface area contributed by atoms with E-state index in [-0.39, 0.29) is 18.2 Å². The molecule has 1 saturated heterocycles. The number of rotatable bonds is 6. The van der Waals surface area contributed by atoms with Crippen molar-refractivity contribution in [2.24, 2.45) is 5.92 Å². The molecular formula is C26H35NO5. The predicted octanol–water partition coefficient (Wildman–Crippen LogP) is 4.28. The van der Waals surface area contributed by atoms with E-state index in [1.54, 1.807) is 0 Å². The highest BCUT2D eigenvalue weighted by molar-refractivity contribution is 5.87. The lowest BCUT2D eigenvalue weighted by atomic mass is 9.71. The number of hydrogen-bond acceptors (Lipinski definition) is 5. The van der Waals surface area contributed by atoms with Gasteiger partial charge in [-0.25, -0.2) is 4.79 Å². The van der Waals surface area contributed by atoms with Gasteiger partial charge in [-0.15, -0.1) is 0 Å². The molecule has 6 nitrogen and oxygen atoms in total. The van der Waals surface area contributed by atoms with Crippen molar-refractivity contribution in [3.8, 4) is 5.75 Å². The van der Waals surface area contributed by atoms with Gasteiger partial charge in [-0.3, -0.25) is 4.79 Å². The van der Waals surface area contributed by atoms with Crippen LogP contribution in [0, 0.1) is 19.8 Å². The van der Waals surface area contributed by atoms with Gasteiger partial charge in [0.1, 0.15) is 11.3 Å². The minimum atomic E-state index is -0.624. The van der Waals surface area contributed by atoms with Crippen molar-refractivity contribution in [3.63, 3.8) is 0 Å². The van der Waals surface area contributed by atoms with Gasteiger partial charge in [0.05, 0.1) is 24.2 Å². The standard InChI is InChI=1S/C26H35NO5/c1-4-5-14-31-22-10-9-20-17(2)21(25(29)32-24(20)18(22)3)15-23(28)27-13-12-26(30)11-7-6-8-19(26)16-27/h9-10,19,30H,4-8,11-16H2,1-3H3/t19-,26+/m0/s1. The molecule has 2 aliphatic rings. The normalized spacial score (nSPS) is 23.2. The van der Waals surface area contributed by atoms with Crippen LogP contribution in [-0.2, 0) is 11.2 Å². The Kier molecular flexibility index (Phi) is 6.61. The molecule has 0 unspecified atom stereocenters. The largest absolute Gasteiger partial charge is 0.493 e. The number of hydrogen-bond donors (Lipinski definition) is 1. The van der Waals surface area contributed by atoms with Crippen LogP contribution in [0.5, 0.6) is 5.75 Å². The molecule has 1 aliphatic heterocycles. The van der Waals surface area contributed by atoms with Crippen LogP contribution >= 0.6 is 0 Å². The SMILES string of the molecule is CCCCOc1ccc2c(C)c(CC(=O)N3CC[C@]4(O)CCCC[C@H]4C3)c(=O)oc2c1C. The van der Waals surface area contributed by atoms with E-state index in [9.17, 15) is 14.7 Å². The second kappa shape index (κ2) is 9.26. The highest BCUT2D eigenvalue weighted by Crippen LogP contribution is 2.40. The van der Waals surface area contributed by atoms with Crippen LogP contribution in [0.1, 0.15) is 68.6 Å². The molecule has 1 amide bonds. The van der Waals surface area contributed by atoms with Crippen molar-refractivity contribution in [1.82, 2.24) is 4.90 Å². The van der Waals surface area contributed by atoms with E-state index in [0.29, 0.717) is 37.3 Å². The molecule has 174 valence electrons. The zero-order valence-corrected chi connectivity index (χ0v) is 19.5. The average molecular weight is 442 g/mol. The fraction of sp³-hybridized carbons (Fsp3) is 0.615. The molecule has 2 fully saturated rings. The number of carbonyl (C=O) groups excluding carboxylic acids is 1. The maximum Gasteiger partial charge on any atom is 0.340 e. The van der Waals surface area contributed by atoms with Gasteiger partial charge >= 0.3 is 5.63 Å². The van der Waals surface area contributed by atoms with Crippen molar-refractivity contribution in [2.75, 3.05) is 19.7 Å². The van der Waals surface area contributed by atoms with Gasteiger partial charge in [-0.2, -0.15) is 0 Å². The first-order valence-corrected chi connectivity index (χ1v) is 12.0. The number of nitrogens with zero attached hydrogens (tertiary/aromatic N) is 1. The summed E-state index contributed by atoms with van der Waals surface area (Å²) in [5, 5.41) is 11.7. The van der Waals surface area contributed by atoms with Crippen LogP contribution in [0.2, 0.25) is 0 Å². The van der Waals surface area contributed by atoms with E-state index in [1.165, 1.54) is 0 Å². The molecule has 6 heteroatoms. The second-order valence-corrected chi connectivity index (χ2v) is 9.57. The molecule has 0 bridgehead atoms. The number of aliphatic hydroxyl groups is 1. The summed E-state index contributed by atoms with van der Waals surface area (Å²) in [6.45, 7) is 7.64. The first-order valence-electron chi connectivity index (χ1n) is 12.0. The highest BCUT2D eigenvalue weighted by atomic mass is 16.5. The van der Waals surface area contributed by atoms with Crippen molar-refractivity contribution >= 4 is 16.9 Å². The Balaban J connectivity index is 1.55. The quantitative estimate of drug-likeness (QED) is 0.534. The number of piperidine rings is 1. The number of aryl methyl sites for hydroxylation is 2. The lowest BCUT2D eigenvalue weighted by Crippen LogP contribution is -2.55. The summed E-state index contributed by atoms with van der Waals surface area (Å²) in [7, 11) is 0. The van der Waals surface area contributed by atoms with Gasteiger partial charge in [-0.05, 0) is 57.2 Å². The van der Waals surface area contributed by atoms with E-state index >= 15 is 0 Å². The minimum Gasteiger partial charge on any atom is -0.493 e. The number of amides is 1. The molecule has 1 saturated carbocycles. The van der Waals surface area contributed by atoms with Crippen LogP contribution in [-0.4, -0.2) is 41.2 Å². The lowest BCUT2D eigenvalue weighted by molar-refractivity contribution is -0.142. The van der Waals surface area contributed by atoms with Crippen molar-refractivity contribution in [3.05, 3.63) is 39.2 Å². The van der Waals surface area contributed by atoms with Crippen molar-refractivity contribution in [2.45, 2.75) is 77.7 Å². The molecule has 2 heterocycles. The molecule has 1 aromatic heterocycles. The third-order valence-electron chi connectivity index (χ3n) is 7.52. The van der Waals surface area contributed by atoms with Crippen LogP contribution in [0.4, 0.5) is 0 Å². The zero-order chi connectivity index (χ0) is 22.9. The number of unbranched alkanes of at least 4 members (excludes halogenated alkanes) is 1. The number of fused-ring (bicyclic) bond motifs is 2. The number of carbonyl (C=O) groups is 1. The van der Waals surface area contributed by atoms with Gasteiger partial charge in [0, 0.05) is 30.0 Å². The number of likely N-dealkylation sites (tertiary alicyclic amines) is 1. The van der Waals surface area contributed by atoms with E-state index in [1.807, 2.05) is 30.9 Å². The first kappa shape index (κ1) is 22.8. The summed E-state index contributed by atoms with van der Waals surface area (Å²) >= 11 is 0. The van der Waals surface area contributed by atoms with Crippen LogP contribution < -0.4 is 10.4 Å². The van der Waals surface area contributed by atoms with E-state index in [2.05, 4.69) is 6.92 Å². The molecule has 1 N–H and O–H groups in total. The second-order valence-electron chi connectivity index (χ2n) is 9.57. The summed E-state index contributed by atoms with van der Waals surface area (Å²) in [6, 6.07) is 3.83. The van der Waals surface area contributed by atoms with Crippen molar-refractivity contribution < 1.29 is 19.1 Å². The highest BCUT2D eigenvalue weighted by Gasteiger charge is 2.43. The van der Waals surface area contributed by atoms with Gasteiger partial charge in [0.25, 0.3) is 0 Å². The molecule has 1 aliphatic carbocycles. The van der Waals surface area contributed by atoms with Gasteiger partial charge in [0.15, 0.2) is 0 Å². The first-order chi connectivity index (χ1) is 15.3. The maximum atomic E-state index is 13.1. The molecule has 2 aromatic rings. The Bertz CT molecular complexity index is 1060. The smallest absolute Gasteiger partial charge is 0.340 e. The molecule has 0 spiro atoms. The molecular weight excluding hydrogens is 406 g/mol. The van der Waals surface area contributed by atoms with Crippen LogP contribution in [0.3, 0.4) is 0 Å². The van der Waals surface area contributed by atoms with Gasteiger partial charge in [0.2, 0.25) is 5.91 Å². The number of ether oxygens (including phenoxy) is 1. The monoisotopic (exact) mass is 441 g/mol. The average Bonchev–Trinajstić information content (AvgIpc) is 2.78. The van der Waals surface area contributed by atoms with E-state index in [0.717, 1.165) is 60.8 Å². The Morgan fingerprint density at radius 2 is 2.06 bits per heavy atom. The minimum absolute atomic E-state index is 0.0308. The fourth-order valence-electron chi connectivity index (χ4n) is 5.32. The molecule has 1 aromatic carbocycles. The zero-order valence-electron chi connectivity index (χ0n) is 19.5. The van der Waals surface area contributed by atoms with Gasteiger partial charge in [-0.1, -0.05) is 26.2 Å². The number of benzene rings is 1. The third kappa shape index (κ3) is 4.29. The van der Waals surface area contributed by atoms with Crippen LogP contribution in [0.15, 0.2) is 21.3 Å². The topological polar surface area (TPSA) is 80.0 Å². The fourth-order valence-corrected chi connectivity index (χ4v) is 5.32. The Morgan fingerprint density at radius 3 is 2.84 bits per heavy atom. The predicted molar refractivity (Wildman–Crippen MR) is 124 cm³/mol.